The van der Waals surface area contributed by atoms with Crippen LogP contribution in [0.15, 0.2) is 16.0 Å². The molecule has 3 heterocycles. The molecule has 0 unspecified atom stereocenters. The summed E-state index contributed by atoms with van der Waals surface area (Å²) in [5.74, 6) is 0.176. The maximum absolute atomic E-state index is 12.4. The maximum atomic E-state index is 12.4. The lowest BCUT2D eigenvalue weighted by Gasteiger charge is -2.11. The lowest BCUT2D eigenvalue weighted by molar-refractivity contribution is -0.119. The van der Waals surface area contributed by atoms with Crippen molar-refractivity contribution in [3.63, 3.8) is 0 Å². The summed E-state index contributed by atoms with van der Waals surface area (Å²) < 4.78 is 7.00. The van der Waals surface area contributed by atoms with Crippen LogP contribution in [-0.2, 0) is 23.0 Å². The van der Waals surface area contributed by atoms with Crippen molar-refractivity contribution >= 4 is 39.2 Å². The van der Waals surface area contributed by atoms with Crippen molar-refractivity contribution < 1.29 is 9.53 Å². The van der Waals surface area contributed by atoms with Gasteiger partial charge in [0, 0.05) is 25.1 Å². The molecule has 0 aromatic carbocycles. The summed E-state index contributed by atoms with van der Waals surface area (Å²) in [6, 6.07) is 1.91. The van der Waals surface area contributed by atoms with Gasteiger partial charge in [-0.25, -0.2) is 4.98 Å². The minimum atomic E-state index is -0.0646. The first-order valence-electron chi connectivity index (χ1n) is 8.09. The molecule has 0 radical (unpaired) electrons. The van der Waals surface area contributed by atoms with Gasteiger partial charge in [-0.05, 0) is 25.3 Å². The Morgan fingerprint density at radius 1 is 1.58 bits per heavy atom. The Morgan fingerprint density at radius 3 is 3.12 bits per heavy atom. The second-order valence-corrected chi connectivity index (χ2v) is 7.83. The molecule has 8 heteroatoms. The zero-order valence-corrected chi connectivity index (χ0v) is 15.5. The van der Waals surface area contributed by atoms with Crippen LogP contribution in [-0.4, -0.2) is 40.5 Å². The lowest BCUT2D eigenvalue weighted by atomic mass is 10.2. The van der Waals surface area contributed by atoms with Crippen LogP contribution < -0.4 is 10.9 Å². The molecule has 130 valence electrons. The third kappa shape index (κ3) is 3.81. The van der Waals surface area contributed by atoms with Crippen molar-refractivity contribution in [3.8, 4) is 0 Å². The number of aryl methyl sites for hydroxylation is 1. The average molecular weight is 367 g/mol. The minimum Gasteiger partial charge on any atom is -0.376 e. The number of thioether (sulfide) groups is 1. The largest absolute Gasteiger partial charge is 0.376 e. The number of hydrogen-bond donors (Lipinski definition) is 1. The van der Waals surface area contributed by atoms with Crippen LogP contribution in [0, 0.1) is 0 Å². The molecule has 0 saturated carbocycles. The number of nitrogens with zero attached hydrogens (tertiary/aromatic N) is 2. The summed E-state index contributed by atoms with van der Waals surface area (Å²) in [5, 5.41) is 4.11. The van der Waals surface area contributed by atoms with Gasteiger partial charge in [0.05, 0.1) is 17.2 Å². The van der Waals surface area contributed by atoms with E-state index in [9.17, 15) is 9.59 Å². The fourth-order valence-corrected chi connectivity index (χ4v) is 4.42. The van der Waals surface area contributed by atoms with E-state index in [-0.39, 0.29) is 23.3 Å². The molecular formula is C16H21N3O3S2. The summed E-state index contributed by atoms with van der Waals surface area (Å²) in [4.78, 5) is 30.9. The second kappa shape index (κ2) is 7.67. The van der Waals surface area contributed by atoms with Gasteiger partial charge in [-0.3, -0.25) is 14.2 Å². The van der Waals surface area contributed by atoms with Gasteiger partial charge >= 0.3 is 0 Å². The van der Waals surface area contributed by atoms with E-state index in [0.29, 0.717) is 17.1 Å². The average Bonchev–Trinajstić information content (AvgIpc) is 3.24. The summed E-state index contributed by atoms with van der Waals surface area (Å²) in [6.07, 6.45) is 3.08. The summed E-state index contributed by atoms with van der Waals surface area (Å²) >= 11 is 2.83. The highest BCUT2D eigenvalue weighted by molar-refractivity contribution is 7.99. The predicted octanol–water partition coefficient (Wildman–Crippen LogP) is 1.94. The molecule has 0 spiro atoms. The van der Waals surface area contributed by atoms with Crippen LogP contribution in [0.5, 0.6) is 0 Å². The monoisotopic (exact) mass is 367 g/mol. The Morgan fingerprint density at radius 2 is 2.42 bits per heavy atom. The van der Waals surface area contributed by atoms with Gasteiger partial charge in [-0.15, -0.1) is 11.3 Å². The van der Waals surface area contributed by atoms with E-state index >= 15 is 0 Å². The van der Waals surface area contributed by atoms with Crippen molar-refractivity contribution in [2.75, 3.05) is 18.9 Å². The summed E-state index contributed by atoms with van der Waals surface area (Å²) in [7, 11) is 1.70. The minimum absolute atomic E-state index is 0.0572. The van der Waals surface area contributed by atoms with Crippen molar-refractivity contribution in [3.05, 3.63) is 21.3 Å². The van der Waals surface area contributed by atoms with Crippen molar-refractivity contribution in [2.24, 2.45) is 7.05 Å². The first kappa shape index (κ1) is 17.4. The smallest absolute Gasteiger partial charge is 0.262 e. The molecule has 2 aromatic rings. The number of carbonyl (C=O) groups excluding carboxylic acids is 1. The SMILES string of the molecule is CCc1cc2c(=O)n(C)c(SCC(=O)NC[C@H]3CCCO3)nc2s1. The molecule has 1 aliphatic heterocycles. The molecule has 24 heavy (non-hydrogen) atoms. The summed E-state index contributed by atoms with van der Waals surface area (Å²) in [5.41, 5.74) is -0.0572. The Hall–Kier alpha value is -1.38. The van der Waals surface area contributed by atoms with Crippen molar-refractivity contribution in [1.29, 1.82) is 0 Å². The summed E-state index contributed by atoms with van der Waals surface area (Å²) in [6.45, 7) is 3.39. The third-order valence-electron chi connectivity index (χ3n) is 4.01. The Bertz CT molecular complexity index is 794. The normalized spacial score (nSPS) is 17.5. The number of aromatic nitrogens is 2. The van der Waals surface area contributed by atoms with Crippen LogP contribution in [0.3, 0.4) is 0 Å². The lowest BCUT2D eigenvalue weighted by Crippen LogP contribution is -2.33. The van der Waals surface area contributed by atoms with E-state index in [2.05, 4.69) is 17.2 Å². The first-order chi connectivity index (χ1) is 11.6. The number of thiophene rings is 1. The molecule has 0 aliphatic carbocycles. The second-order valence-electron chi connectivity index (χ2n) is 5.77. The van der Waals surface area contributed by atoms with Gasteiger partial charge in [-0.1, -0.05) is 18.7 Å². The molecule has 1 amide bonds. The van der Waals surface area contributed by atoms with Crippen molar-refractivity contribution in [2.45, 2.75) is 37.4 Å². The number of fused-ring (bicyclic) bond motifs is 1. The standard InChI is InChI=1S/C16H21N3O3S2/c1-3-11-7-12-14(24-11)18-16(19(2)15(12)21)23-9-13(20)17-8-10-5-4-6-22-10/h7,10H,3-6,8-9H2,1-2H3,(H,17,20)/t10-/m1/s1. The van der Waals surface area contributed by atoms with Crippen LogP contribution in [0.4, 0.5) is 0 Å². The Kier molecular flexibility index (Phi) is 5.57. The molecule has 1 aliphatic rings. The predicted molar refractivity (Wildman–Crippen MR) is 96.9 cm³/mol. The van der Waals surface area contributed by atoms with Gasteiger partial charge in [0.15, 0.2) is 5.16 Å². The number of hydrogen-bond acceptors (Lipinski definition) is 6. The number of amides is 1. The van der Waals surface area contributed by atoms with Crippen LogP contribution in [0.2, 0.25) is 0 Å². The zero-order chi connectivity index (χ0) is 17.1. The molecule has 0 bridgehead atoms. The van der Waals surface area contributed by atoms with E-state index in [1.165, 1.54) is 16.3 Å². The Balaban J connectivity index is 1.64. The third-order valence-corrected chi connectivity index (χ3v) is 6.22. The molecule has 3 rings (SSSR count). The fraction of sp³-hybridized carbons (Fsp3) is 0.562. The number of carbonyl (C=O) groups is 1. The van der Waals surface area contributed by atoms with Gasteiger partial charge in [0.25, 0.3) is 5.56 Å². The highest BCUT2D eigenvalue weighted by atomic mass is 32.2. The van der Waals surface area contributed by atoms with Gasteiger partial charge < -0.3 is 10.1 Å². The highest BCUT2D eigenvalue weighted by Gasteiger charge is 2.17. The van der Waals surface area contributed by atoms with Crippen molar-refractivity contribution in [1.82, 2.24) is 14.9 Å². The topological polar surface area (TPSA) is 73.2 Å². The van der Waals surface area contributed by atoms with E-state index < -0.39 is 0 Å². The van der Waals surface area contributed by atoms with E-state index in [1.54, 1.807) is 18.4 Å². The maximum Gasteiger partial charge on any atom is 0.262 e. The molecule has 1 saturated heterocycles. The molecular weight excluding hydrogens is 346 g/mol. The van der Waals surface area contributed by atoms with Gasteiger partial charge in [-0.2, -0.15) is 0 Å². The molecule has 1 N–H and O–H groups in total. The van der Waals surface area contributed by atoms with Gasteiger partial charge in [0.2, 0.25) is 5.91 Å². The number of nitrogens with one attached hydrogen (secondary N) is 1. The van der Waals surface area contributed by atoms with E-state index in [4.69, 9.17) is 4.74 Å². The fourth-order valence-electron chi connectivity index (χ4n) is 2.61. The van der Waals surface area contributed by atoms with E-state index in [0.717, 1.165) is 35.6 Å². The number of ether oxygens (including phenoxy) is 1. The van der Waals surface area contributed by atoms with E-state index in [1.807, 2.05) is 6.07 Å². The Labute approximate surface area is 148 Å². The zero-order valence-electron chi connectivity index (χ0n) is 13.8. The molecule has 1 atom stereocenters. The molecule has 2 aromatic heterocycles. The number of rotatable bonds is 6. The first-order valence-corrected chi connectivity index (χ1v) is 9.89. The van der Waals surface area contributed by atoms with Crippen LogP contribution in [0.25, 0.3) is 10.2 Å². The van der Waals surface area contributed by atoms with Gasteiger partial charge in [0.1, 0.15) is 4.83 Å². The quantitative estimate of drug-likeness (QED) is 0.624. The van der Waals surface area contributed by atoms with Crippen LogP contribution >= 0.6 is 23.1 Å². The van der Waals surface area contributed by atoms with Crippen LogP contribution in [0.1, 0.15) is 24.6 Å². The highest BCUT2D eigenvalue weighted by Crippen LogP contribution is 2.24. The molecule has 1 fully saturated rings. The molecule has 6 nitrogen and oxygen atoms in total.